The van der Waals surface area contributed by atoms with Crippen LogP contribution >= 0.6 is 0 Å². The van der Waals surface area contributed by atoms with Gasteiger partial charge in [-0.1, -0.05) is 43.0 Å². The Morgan fingerprint density at radius 2 is 2.14 bits per heavy atom. The van der Waals surface area contributed by atoms with E-state index in [1.54, 1.807) is 6.08 Å². The first kappa shape index (κ1) is 10.1. The molecule has 2 nitrogen and oxygen atoms in total. The van der Waals surface area contributed by atoms with Crippen molar-refractivity contribution >= 4 is 6.08 Å². The van der Waals surface area contributed by atoms with Gasteiger partial charge in [-0.2, -0.15) is 5.26 Å². The van der Waals surface area contributed by atoms with E-state index in [0.29, 0.717) is 5.76 Å². The number of hydrogen-bond acceptors (Lipinski definition) is 2. The van der Waals surface area contributed by atoms with Crippen molar-refractivity contribution in [3.05, 3.63) is 54.3 Å². The zero-order valence-electron chi connectivity index (χ0n) is 7.81. The van der Waals surface area contributed by atoms with Gasteiger partial charge in [-0.25, -0.2) is 0 Å². The van der Waals surface area contributed by atoms with Crippen molar-refractivity contribution < 1.29 is 4.74 Å². The van der Waals surface area contributed by atoms with E-state index in [1.165, 1.54) is 0 Å². The van der Waals surface area contributed by atoms with Crippen LogP contribution < -0.4 is 0 Å². The van der Waals surface area contributed by atoms with Crippen LogP contribution in [0.15, 0.2) is 48.7 Å². The molecule has 1 rings (SSSR count). The molecule has 0 N–H and O–H groups in total. The molecule has 0 saturated heterocycles. The molecule has 0 heterocycles. The van der Waals surface area contributed by atoms with Gasteiger partial charge in [0.1, 0.15) is 11.8 Å². The number of ether oxygens (including phenoxy) is 1. The molecule has 0 radical (unpaired) electrons. The molecule has 0 aromatic heterocycles. The van der Waals surface area contributed by atoms with Crippen LogP contribution in [0.5, 0.6) is 0 Å². The first-order chi connectivity index (χ1) is 6.83. The molecule has 0 atom stereocenters. The number of allylic oxidation sites excluding steroid dienone is 1. The molecule has 1 aromatic carbocycles. The Kier molecular flexibility index (Phi) is 4.03. The van der Waals surface area contributed by atoms with Crippen LogP contribution in [0.1, 0.15) is 5.56 Å². The second-order valence-corrected chi connectivity index (χ2v) is 2.66. The highest BCUT2D eigenvalue weighted by Crippen LogP contribution is 2.04. The summed E-state index contributed by atoms with van der Waals surface area (Å²) in [5.41, 5.74) is 1.08. The molecule has 0 aliphatic carbocycles. The fourth-order valence-corrected chi connectivity index (χ4v) is 0.926. The molecule has 0 unspecified atom stereocenters. The third-order valence-electron chi connectivity index (χ3n) is 1.58. The minimum atomic E-state index is 0.0396. The minimum Gasteiger partial charge on any atom is -0.479 e. The van der Waals surface area contributed by atoms with E-state index in [9.17, 15) is 0 Å². The average Bonchev–Trinajstić information content (AvgIpc) is 2.25. The maximum atomic E-state index is 8.26. The highest BCUT2D eigenvalue weighted by Gasteiger charge is 1.87. The van der Waals surface area contributed by atoms with Crippen molar-refractivity contribution in [2.24, 2.45) is 0 Å². The summed E-state index contributed by atoms with van der Waals surface area (Å²) in [7, 11) is 0. The molecular weight excluding hydrogens is 174 g/mol. The summed E-state index contributed by atoms with van der Waals surface area (Å²) >= 11 is 0. The predicted molar refractivity (Wildman–Crippen MR) is 56.2 cm³/mol. The molecule has 0 spiro atoms. The second-order valence-electron chi connectivity index (χ2n) is 2.66. The van der Waals surface area contributed by atoms with Crippen LogP contribution in [0.3, 0.4) is 0 Å². The zero-order chi connectivity index (χ0) is 10.2. The van der Waals surface area contributed by atoms with Gasteiger partial charge in [-0.15, -0.1) is 0 Å². The maximum Gasteiger partial charge on any atom is 0.174 e. The smallest absolute Gasteiger partial charge is 0.174 e. The van der Waals surface area contributed by atoms with Crippen molar-refractivity contribution in [2.75, 3.05) is 6.61 Å². The monoisotopic (exact) mass is 185 g/mol. The van der Waals surface area contributed by atoms with Crippen molar-refractivity contribution in [1.82, 2.24) is 0 Å². The Balaban J connectivity index is 2.49. The first-order valence-corrected chi connectivity index (χ1v) is 4.24. The summed E-state index contributed by atoms with van der Waals surface area (Å²) in [5, 5.41) is 8.26. The normalized spacial score (nSPS) is 9.64. The van der Waals surface area contributed by atoms with Gasteiger partial charge in [-0.05, 0) is 11.6 Å². The van der Waals surface area contributed by atoms with Gasteiger partial charge in [0.15, 0.2) is 6.61 Å². The Labute approximate surface area is 83.7 Å². The number of hydrogen-bond donors (Lipinski definition) is 0. The molecule has 0 aliphatic rings. The third kappa shape index (κ3) is 3.59. The van der Waals surface area contributed by atoms with Crippen LogP contribution in [0, 0.1) is 11.3 Å². The van der Waals surface area contributed by atoms with E-state index in [4.69, 9.17) is 10.00 Å². The number of benzene rings is 1. The molecule has 1 aromatic rings. The van der Waals surface area contributed by atoms with E-state index < -0.39 is 0 Å². The Morgan fingerprint density at radius 3 is 2.79 bits per heavy atom. The van der Waals surface area contributed by atoms with E-state index in [2.05, 4.69) is 6.58 Å². The molecule has 0 bridgehead atoms. The minimum absolute atomic E-state index is 0.0396. The lowest BCUT2D eigenvalue weighted by Crippen LogP contribution is -1.87. The summed E-state index contributed by atoms with van der Waals surface area (Å²) in [6, 6.07) is 11.7. The summed E-state index contributed by atoms with van der Waals surface area (Å²) in [6.45, 7) is 3.69. The van der Waals surface area contributed by atoms with Gasteiger partial charge in [0.2, 0.25) is 0 Å². The van der Waals surface area contributed by atoms with E-state index >= 15 is 0 Å². The summed E-state index contributed by atoms with van der Waals surface area (Å²) in [5.74, 6) is 0.496. The molecular formula is C12H11NO. The van der Waals surface area contributed by atoms with Gasteiger partial charge < -0.3 is 4.74 Å². The average molecular weight is 185 g/mol. The molecule has 14 heavy (non-hydrogen) atoms. The number of nitriles is 1. The molecule has 0 fully saturated rings. The van der Waals surface area contributed by atoms with Crippen molar-refractivity contribution in [3.8, 4) is 6.07 Å². The number of nitrogens with zero attached hydrogens (tertiary/aromatic N) is 1. The van der Waals surface area contributed by atoms with Gasteiger partial charge in [0, 0.05) is 0 Å². The van der Waals surface area contributed by atoms with Crippen molar-refractivity contribution in [1.29, 1.82) is 5.26 Å². The molecule has 0 saturated carbocycles. The Hall–Kier alpha value is -2.01. The van der Waals surface area contributed by atoms with Crippen molar-refractivity contribution in [3.63, 3.8) is 0 Å². The fourth-order valence-electron chi connectivity index (χ4n) is 0.926. The van der Waals surface area contributed by atoms with Crippen LogP contribution in [-0.4, -0.2) is 6.61 Å². The fraction of sp³-hybridized carbons (Fsp3) is 0.0833. The lowest BCUT2D eigenvalue weighted by Gasteiger charge is -1.98. The second kappa shape index (κ2) is 5.60. The Morgan fingerprint density at radius 1 is 1.43 bits per heavy atom. The number of rotatable bonds is 4. The van der Waals surface area contributed by atoms with E-state index in [1.807, 2.05) is 42.5 Å². The van der Waals surface area contributed by atoms with Crippen LogP contribution in [0.4, 0.5) is 0 Å². The van der Waals surface area contributed by atoms with Crippen molar-refractivity contribution in [2.45, 2.75) is 0 Å². The Bertz CT molecular complexity index is 360. The molecule has 2 heteroatoms. The van der Waals surface area contributed by atoms with E-state index in [-0.39, 0.29) is 6.61 Å². The van der Waals surface area contributed by atoms with E-state index in [0.717, 1.165) is 5.56 Å². The van der Waals surface area contributed by atoms with Crippen LogP contribution in [0.2, 0.25) is 0 Å². The summed E-state index contributed by atoms with van der Waals surface area (Å²) in [6.07, 6.45) is 3.63. The lowest BCUT2D eigenvalue weighted by molar-refractivity contribution is 0.268. The largest absolute Gasteiger partial charge is 0.479 e. The topological polar surface area (TPSA) is 33.0 Å². The standard InChI is InChI=1S/C12H11NO/c1-11(14-10-9-13)7-8-12-5-3-2-4-6-12/h2-8H,1,10H2/b8-7+. The SMILES string of the molecule is C=C(/C=C/c1ccccc1)OCC#N. The first-order valence-electron chi connectivity index (χ1n) is 4.24. The summed E-state index contributed by atoms with van der Waals surface area (Å²) < 4.78 is 4.97. The van der Waals surface area contributed by atoms with Gasteiger partial charge in [0.05, 0.1) is 0 Å². The predicted octanol–water partition coefficient (Wildman–Crippen LogP) is 2.75. The molecule has 0 aliphatic heterocycles. The summed E-state index contributed by atoms with van der Waals surface area (Å²) in [4.78, 5) is 0. The van der Waals surface area contributed by atoms with Gasteiger partial charge >= 0.3 is 0 Å². The highest BCUT2D eigenvalue weighted by atomic mass is 16.5. The van der Waals surface area contributed by atoms with Crippen LogP contribution in [-0.2, 0) is 4.74 Å². The zero-order valence-corrected chi connectivity index (χ0v) is 7.81. The quantitative estimate of drug-likeness (QED) is 0.533. The third-order valence-corrected chi connectivity index (χ3v) is 1.58. The highest BCUT2D eigenvalue weighted by molar-refractivity contribution is 5.51. The van der Waals surface area contributed by atoms with Gasteiger partial charge in [0.25, 0.3) is 0 Å². The molecule has 70 valence electrons. The molecule has 0 amide bonds. The van der Waals surface area contributed by atoms with Gasteiger partial charge in [-0.3, -0.25) is 0 Å². The maximum absolute atomic E-state index is 8.26. The lowest BCUT2D eigenvalue weighted by atomic mass is 10.2. The van der Waals surface area contributed by atoms with Crippen LogP contribution in [0.25, 0.3) is 6.08 Å².